The zero-order valence-electron chi connectivity index (χ0n) is 40.7. The summed E-state index contributed by atoms with van der Waals surface area (Å²) in [5.41, 5.74) is 3.01. The Bertz CT molecular complexity index is 1430. The van der Waals surface area contributed by atoms with E-state index >= 15 is 0 Å². The fraction of sp³-hybridized carbons (Fsp3) is 0.690. The summed E-state index contributed by atoms with van der Waals surface area (Å²) in [6.07, 6.45) is 49.2. The highest BCUT2D eigenvalue weighted by Crippen LogP contribution is 2.46. The maximum absolute atomic E-state index is 2.50. The summed E-state index contributed by atoms with van der Waals surface area (Å²) in [5.74, 6) is 0. The molecule has 0 aliphatic carbocycles. The van der Waals surface area contributed by atoms with Crippen LogP contribution in [-0.2, 0) is 25.7 Å². The third-order valence-electron chi connectivity index (χ3n) is 13.0. The van der Waals surface area contributed by atoms with Crippen molar-refractivity contribution in [2.75, 3.05) is 0 Å². The number of hydrogen-bond donors (Lipinski definition) is 0. The lowest BCUT2D eigenvalue weighted by atomic mass is 10.0. The smallest absolute Gasteiger partial charge is 0.0366 e. The van der Waals surface area contributed by atoms with E-state index in [1.165, 1.54) is 262 Å². The van der Waals surface area contributed by atoms with Crippen molar-refractivity contribution < 1.29 is 0 Å². The summed E-state index contributed by atoms with van der Waals surface area (Å²) in [6, 6.07) is 19.9. The molecule has 0 aliphatic rings. The Balaban J connectivity index is 1.58. The van der Waals surface area contributed by atoms with Gasteiger partial charge in [0.1, 0.15) is 0 Å². The molecule has 4 heterocycles. The van der Waals surface area contributed by atoms with Gasteiger partial charge in [0.15, 0.2) is 0 Å². The average molecular weight is 918 g/mol. The fourth-order valence-electron chi connectivity index (χ4n) is 9.05. The highest BCUT2D eigenvalue weighted by Gasteiger charge is 2.22. The topological polar surface area (TPSA) is 0 Å². The predicted molar refractivity (Wildman–Crippen MR) is 288 cm³/mol. The highest BCUT2D eigenvalue weighted by molar-refractivity contribution is 7.18. The van der Waals surface area contributed by atoms with Crippen LogP contribution >= 0.6 is 45.3 Å². The minimum Gasteiger partial charge on any atom is -0.140 e. The summed E-state index contributed by atoms with van der Waals surface area (Å²) in [4.78, 5) is 12.2. The molecule has 4 aromatic rings. The molecule has 0 saturated heterocycles. The summed E-state index contributed by atoms with van der Waals surface area (Å²) >= 11 is 8.38. The largest absolute Gasteiger partial charge is 0.140 e. The lowest BCUT2D eigenvalue weighted by Gasteiger charge is -2.12. The molecular formula is C58H92S4. The number of unbranched alkanes of at least 4 members (excludes halogenated alkanes) is 28. The SMILES string of the molecule is CCCCCCCCCCc1ccc(C(=C(c2ccc(CCCCCCCCCC)s2)c2ccc(CCCCCCCCCC)s2)c2ccc(CCCCCCCCCC)s2)s1. The third-order valence-corrected chi connectivity index (χ3v) is 17.6. The first-order valence-electron chi connectivity index (χ1n) is 26.8. The third kappa shape index (κ3) is 21.7. The van der Waals surface area contributed by atoms with E-state index in [0.29, 0.717) is 0 Å². The van der Waals surface area contributed by atoms with Gasteiger partial charge in [-0.2, -0.15) is 0 Å². The molecule has 0 amide bonds. The predicted octanol–water partition coefficient (Wildman–Crippen LogP) is 21.7. The van der Waals surface area contributed by atoms with Crippen molar-refractivity contribution >= 4 is 56.5 Å². The van der Waals surface area contributed by atoms with E-state index in [4.69, 9.17) is 0 Å². The van der Waals surface area contributed by atoms with Gasteiger partial charge in [0.2, 0.25) is 0 Å². The Morgan fingerprint density at radius 2 is 0.419 bits per heavy atom. The Morgan fingerprint density at radius 3 is 0.613 bits per heavy atom. The van der Waals surface area contributed by atoms with E-state index in [1.807, 2.05) is 0 Å². The molecule has 0 aromatic carbocycles. The molecule has 0 bridgehead atoms. The van der Waals surface area contributed by atoms with E-state index in [0.717, 1.165) is 0 Å². The van der Waals surface area contributed by atoms with Crippen LogP contribution in [-0.4, -0.2) is 0 Å². The van der Waals surface area contributed by atoms with Crippen molar-refractivity contribution in [3.63, 3.8) is 0 Å². The quantitative estimate of drug-likeness (QED) is 0.0390. The van der Waals surface area contributed by atoms with Crippen molar-refractivity contribution in [1.29, 1.82) is 0 Å². The van der Waals surface area contributed by atoms with Crippen LogP contribution in [0.1, 0.15) is 272 Å². The van der Waals surface area contributed by atoms with Crippen LogP contribution in [0.4, 0.5) is 0 Å². The second-order valence-corrected chi connectivity index (χ2v) is 23.4. The molecule has 0 nitrogen and oxygen atoms in total. The van der Waals surface area contributed by atoms with Crippen molar-refractivity contribution in [2.45, 2.75) is 259 Å². The van der Waals surface area contributed by atoms with E-state index in [9.17, 15) is 0 Å². The van der Waals surface area contributed by atoms with Crippen LogP contribution in [0, 0.1) is 0 Å². The minimum absolute atomic E-state index is 1.22. The van der Waals surface area contributed by atoms with Gasteiger partial charge in [-0.1, -0.05) is 207 Å². The van der Waals surface area contributed by atoms with Crippen molar-refractivity contribution in [3.8, 4) is 0 Å². The summed E-state index contributed by atoms with van der Waals surface area (Å²) in [5, 5.41) is 0. The molecule has 0 fully saturated rings. The average Bonchev–Trinajstić information content (AvgIpc) is 4.13. The normalized spacial score (nSPS) is 11.6. The first-order chi connectivity index (χ1) is 30.7. The molecule has 348 valence electrons. The molecule has 4 aromatic heterocycles. The van der Waals surface area contributed by atoms with Crippen LogP contribution in [0.3, 0.4) is 0 Å². The van der Waals surface area contributed by atoms with Crippen LogP contribution in [0.5, 0.6) is 0 Å². The molecular weight excluding hydrogens is 825 g/mol. The second-order valence-electron chi connectivity index (χ2n) is 18.7. The molecule has 0 atom stereocenters. The van der Waals surface area contributed by atoms with Gasteiger partial charge in [-0.3, -0.25) is 0 Å². The molecule has 62 heavy (non-hydrogen) atoms. The summed E-state index contributed by atoms with van der Waals surface area (Å²) in [7, 11) is 0. The monoisotopic (exact) mass is 917 g/mol. The van der Waals surface area contributed by atoms with Crippen LogP contribution in [0.15, 0.2) is 48.5 Å². The van der Waals surface area contributed by atoms with Crippen molar-refractivity contribution in [1.82, 2.24) is 0 Å². The molecule has 0 N–H and O–H groups in total. The zero-order chi connectivity index (χ0) is 43.7. The molecule has 0 unspecified atom stereocenters. The Labute approximate surface area is 400 Å². The number of rotatable bonds is 40. The lowest BCUT2D eigenvalue weighted by Crippen LogP contribution is -1.90. The minimum atomic E-state index is 1.22. The van der Waals surface area contributed by atoms with Crippen molar-refractivity contribution in [3.05, 3.63) is 87.5 Å². The van der Waals surface area contributed by atoms with Gasteiger partial charge in [-0.25, -0.2) is 0 Å². The molecule has 0 radical (unpaired) electrons. The number of aryl methyl sites for hydroxylation is 4. The number of thiophene rings is 4. The summed E-state index contributed by atoms with van der Waals surface area (Å²) < 4.78 is 0. The van der Waals surface area contributed by atoms with Gasteiger partial charge in [0, 0.05) is 50.2 Å². The Kier molecular flexibility index (Phi) is 29.9. The number of hydrogen-bond acceptors (Lipinski definition) is 4. The second kappa shape index (κ2) is 34.8. The van der Waals surface area contributed by atoms with Gasteiger partial charge >= 0.3 is 0 Å². The van der Waals surface area contributed by atoms with E-state index in [1.54, 1.807) is 19.5 Å². The first-order valence-corrected chi connectivity index (χ1v) is 30.0. The Hall–Kier alpha value is -1.46. The highest BCUT2D eigenvalue weighted by atomic mass is 32.1. The van der Waals surface area contributed by atoms with E-state index in [-0.39, 0.29) is 0 Å². The lowest BCUT2D eigenvalue weighted by molar-refractivity contribution is 0.576. The van der Waals surface area contributed by atoms with Gasteiger partial charge in [0.25, 0.3) is 0 Å². The van der Waals surface area contributed by atoms with E-state index in [2.05, 4.69) is 122 Å². The van der Waals surface area contributed by atoms with Gasteiger partial charge < -0.3 is 0 Å². The zero-order valence-corrected chi connectivity index (χ0v) is 44.0. The molecule has 0 spiro atoms. The van der Waals surface area contributed by atoms with Gasteiger partial charge in [-0.15, -0.1) is 45.3 Å². The van der Waals surface area contributed by atoms with Gasteiger partial charge in [-0.05, 0) is 99.9 Å². The maximum Gasteiger partial charge on any atom is 0.0366 e. The maximum atomic E-state index is 2.50. The van der Waals surface area contributed by atoms with Gasteiger partial charge in [0.05, 0.1) is 0 Å². The van der Waals surface area contributed by atoms with Crippen LogP contribution in [0.25, 0.3) is 11.1 Å². The molecule has 0 aliphatic heterocycles. The fourth-order valence-corrected chi connectivity index (χ4v) is 13.6. The Morgan fingerprint density at radius 1 is 0.242 bits per heavy atom. The van der Waals surface area contributed by atoms with E-state index < -0.39 is 0 Å². The molecule has 4 heteroatoms. The molecule has 0 saturated carbocycles. The summed E-state index contributed by atoms with van der Waals surface area (Å²) in [6.45, 7) is 9.28. The van der Waals surface area contributed by atoms with Crippen LogP contribution in [0.2, 0.25) is 0 Å². The van der Waals surface area contributed by atoms with Crippen molar-refractivity contribution in [2.24, 2.45) is 0 Å². The first kappa shape index (κ1) is 53.2. The molecule has 4 rings (SSSR count). The van der Waals surface area contributed by atoms with Crippen LogP contribution < -0.4 is 0 Å². The standard InChI is InChI=1S/C58H92S4/c1-5-9-13-17-21-25-29-33-37-49-41-45-53(59-49)57(54-46-42-50(60-54)38-34-30-26-22-18-14-10-6-2)58(55-47-43-51(61-55)39-35-31-27-23-19-15-11-7-3)56-48-44-52(62-56)40-36-32-28-24-20-16-12-8-4/h41-48H,5-40H2,1-4H3.